The summed E-state index contributed by atoms with van der Waals surface area (Å²) in [6.07, 6.45) is 0. The third-order valence-corrected chi connectivity index (χ3v) is 7.33. The van der Waals surface area contributed by atoms with Gasteiger partial charge < -0.3 is 0 Å². The topological polar surface area (TPSA) is 17.8 Å². The average Bonchev–Trinajstić information content (AvgIpc) is 3.43. The highest BCUT2D eigenvalue weighted by Gasteiger charge is 2.24. The summed E-state index contributed by atoms with van der Waals surface area (Å²) in [6.45, 7) is 0. The minimum Gasteiger partial charge on any atom is -0.294 e. The first-order valence-corrected chi connectivity index (χ1v) is 12.0. The van der Waals surface area contributed by atoms with Crippen molar-refractivity contribution in [2.24, 2.45) is 0 Å². The van der Waals surface area contributed by atoms with Gasteiger partial charge in [0.1, 0.15) is 5.82 Å². The van der Waals surface area contributed by atoms with E-state index >= 15 is 0 Å². The quantitative estimate of drug-likeness (QED) is 0.261. The van der Waals surface area contributed by atoms with Gasteiger partial charge in [-0.15, -0.1) is 0 Å². The van der Waals surface area contributed by atoms with Crippen LogP contribution in [0.4, 0.5) is 0 Å². The van der Waals surface area contributed by atoms with E-state index in [-0.39, 0.29) is 0 Å². The van der Waals surface area contributed by atoms with Crippen LogP contribution in [0, 0.1) is 0 Å². The first kappa shape index (κ1) is 18.7. The van der Waals surface area contributed by atoms with E-state index in [1.54, 1.807) is 0 Å². The van der Waals surface area contributed by atoms with Crippen molar-refractivity contribution in [3.63, 3.8) is 0 Å². The predicted molar refractivity (Wildman–Crippen MR) is 146 cm³/mol. The molecule has 0 saturated carbocycles. The molecule has 0 fully saturated rings. The van der Waals surface area contributed by atoms with Crippen LogP contribution in [-0.2, 0) is 0 Å². The van der Waals surface area contributed by atoms with Gasteiger partial charge >= 0.3 is 0 Å². The number of hydrogen-bond donors (Lipinski definition) is 0. The minimum atomic E-state index is 0.958. The van der Waals surface area contributed by atoms with E-state index < -0.39 is 0 Å². The summed E-state index contributed by atoms with van der Waals surface area (Å²) in [7, 11) is 0. The number of para-hydroxylation sites is 1. The second kappa shape index (κ2) is 6.91. The van der Waals surface area contributed by atoms with Crippen LogP contribution >= 0.6 is 0 Å². The molecule has 2 heterocycles. The van der Waals surface area contributed by atoms with Gasteiger partial charge in [0.15, 0.2) is 0 Å². The van der Waals surface area contributed by atoms with Crippen LogP contribution in [0.1, 0.15) is 0 Å². The molecular formula is C33H20N2. The Kier molecular flexibility index (Phi) is 3.69. The lowest BCUT2D eigenvalue weighted by atomic mass is 10.0. The zero-order valence-electron chi connectivity index (χ0n) is 18.9. The van der Waals surface area contributed by atoms with Crippen molar-refractivity contribution in [1.29, 1.82) is 0 Å². The molecule has 0 saturated heterocycles. The molecule has 0 atom stereocenters. The summed E-state index contributed by atoms with van der Waals surface area (Å²) >= 11 is 0. The first-order valence-electron chi connectivity index (χ1n) is 12.0. The van der Waals surface area contributed by atoms with E-state index in [4.69, 9.17) is 4.98 Å². The monoisotopic (exact) mass is 444 g/mol. The van der Waals surface area contributed by atoms with Gasteiger partial charge in [-0.25, -0.2) is 4.98 Å². The second-order valence-corrected chi connectivity index (χ2v) is 9.23. The van der Waals surface area contributed by atoms with Crippen LogP contribution in [0.15, 0.2) is 121 Å². The molecule has 162 valence electrons. The number of rotatable bonds is 2. The van der Waals surface area contributed by atoms with Crippen LogP contribution in [-0.4, -0.2) is 9.55 Å². The van der Waals surface area contributed by atoms with Gasteiger partial charge in [0.2, 0.25) is 0 Å². The lowest BCUT2D eigenvalue weighted by Gasteiger charge is -2.11. The van der Waals surface area contributed by atoms with Gasteiger partial charge in [0, 0.05) is 21.7 Å². The van der Waals surface area contributed by atoms with Crippen LogP contribution in [0.2, 0.25) is 0 Å². The van der Waals surface area contributed by atoms with Gasteiger partial charge in [-0.2, -0.15) is 0 Å². The molecule has 35 heavy (non-hydrogen) atoms. The fourth-order valence-electron chi connectivity index (χ4n) is 5.78. The molecule has 2 nitrogen and oxygen atoms in total. The highest BCUT2D eigenvalue weighted by Crippen LogP contribution is 2.47. The van der Waals surface area contributed by atoms with Crippen molar-refractivity contribution in [2.45, 2.75) is 0 Å². The lowest BCUT2D eigenvalue weighted by Crippen LogP contribution is -1.98. The number of pyridine rings is 1. The molecule has 8 rings (SSSR count). The Labute approximate surface area is 202 Å². The van der Waals surface area contributed by atoms with Crippen LogP contribution in [0.25, 0.3) is 71.9 Å². The number of aromatic nitrogens is 2. The molecule has 0 spiro atoms. The predicted octanol–water partition coefficient (Wildman–Crippen LogP) is 8.65. The Morgan fingerprint density at radius 1 is 0.486 bits per heavy atom. The highest BCUT2D eigenvalue weighted by molar-refractivity contribution is 6.15. The number of nitrogens with zero attached hydrogens (tertiary/aromatic N) is 2. The van der Waals surface area contributed by atoms with Crippen molar-refractivity contribution >= 4 is 32.6 Å². The number of fused-ring (bicyclic) bond motifs is 6. The molecule has 1 aliphatic rings. The minimum absolute atomic E-state index is 0.958. The summed E-state index contributed by atoms with van der Waals surface area (Å²) in [5.41, 5.74) is 9.65. The largest absolute Gasteiger partial charge is 0.294 e. The van der Waals surface area contributed by atoms with Gasteiger partial charge in [-0.05, 0) is 51.9 Å². The van der Waals surface area contributed by atoms with Crippen LogP contribution in [0.3, 0.4) is 0 Å². The van der Waals surface area contributed by atoms with E-state index in [0.717, 1.165) is 11.5 Å². The third-order valence-electron chi connectivity index (χ3n) is 7.33. The molecule has 2 heteroatoms. The maximum absolute atomic E-state index is 5.30. The maximum Gasteiger partial charge on any atom is 0.138 e. The normalized spacial score (nSPS) is 12.0. The lowest BCUT2D eigenvalue weighted by molar-refractivity contribution is 1.09. The number of benzene rings is 5. The van der Waals surface area contributed by atoms with Gasteiger partial charge in [0.05, 0.1) is 16.7 Å². The summed E-state index contributed by atoms with van der Waals surface area (Å²) in [5.74, 6) is 0.958. The molecule has 0 bridgehead atoms. The molecule has 0 N–H and O–H groups in total. The Hall–Kier alpha value is -4.69. The van der Waals surface area contributed by atoms with E-state index in [9.17, 15) is 0 Å². The van der Waals surface area contributed by atoms with Crippen molar-refractivity contribution in [1.82, 2.24) is 9.55 Å². The number of hydrogen-bond acceptors (Lipinski definition) is 1. The zero-order chi connectivity index (χ0) is 22.9. The molecule has 2 aromatic heterocycles. The van der Waals surface area contributed by atoms with Crippen molar-refractivity contribution in [3.8, 4) is 39.3 Å². The van der Waals surface area contributed by atoms with E-state index in [0.29, 0.717) is 0 Å². The second-order valence-electron chi connectivity index (χ2n) is 9.23. The summed E-state index contributed by atoms with van der Waals surface area (Å²) in [4.78, 5) is 5.30. The molecule has 5 aromatic carbocycles. The Morgan fingerprint density at radius 2 is 1.23 bits per heavy atom. The first-order chi connectivity index (χ1) is 17.4. The average molecular weight is 445 g/mol. The third kappa shape index (κ3) is 2.57. The highest BCUT2D eigenvalue weighted by atomic mass is 15.1. The van der Waals surface area contributed by atoms with E-state index in [2.05, 4.69) is 126 Å². The van der Waals surface area contributed by atoms with Gasteiger partial charge in [0.25, 0.3) is 0 Å². The molecule has 0 aliphatic heterocycles. The van der Waals surface area contributed by atoms with Crippen molar-refractivity contribution < 1.29 is 0 Å². The summed E-state index contributed by atoms with van der Waals surface area (Å²) in [5, 5.41) is 4.97. The zero-order valence-corrected chi connectivity index (χ0v) is 18.9. The molecule has 7 aromatic rings. The molecule has 1 aliphatic carbocycles. The van der Waals surface area contributed by atoms with Crippen LogP contribution in [0.5, 0.6) is 0 Å². The molecular weight excluding hydrogens is 424 g/mol. The van der Waals surface area contributed by atoms with Gasteiger partial charge in [-0.1, -0.05) is 97.1 Å². The van der Waals surface area contributed by atoms with Crippen LogP contribution < -0.4 is 0 Å². The van der Waals surface area contributed by atoms with Crippen molar-refractivity contribution in [2.75, 3.05) is 0 Å². The molecule has 0 amide bonds. The summed E-state index contributed by atoms with van der Waals surface area (Å²) in [6, 6.07) is 43.5. The summed E-state index contributed by atoms with van der Waals surface area (Å²) < 4.78 is 2.32. The Balaban J connectivity index is 1.45. The fraction of sp³-hybridized carbons (Fsp3) is 0. The van der Waals surface area contributed by atoms with Crippen molar-refractivity contribution in [3.05, 3.63) is 121 Å². The van der Waals surface area contributed by atoms with Gasteiger partial charge in [-0.3, -0.25) is 4.57 Å². The van der Waals surface area contributed by atoms with E-state index in [1.165, 1.54) is 60.4 Å². The smallest absolute Gasteiger partial charge is 0.138 e. The Bertz CT molecular complexity index is 1940. The molecule has 0 radical (unpaired) electrons. The molecule has 0 unspecified atom stereocenters. The fourth-order valence-corrected chi connectivity index (χ4v) is 5.78. The van der Waals surface area contributed by atoms with E-state index in [1.807, 2.05) is 0 Å². The maximum atomic E-state index is 5.30. The standard InChI is InChI=1S/C33H20N2/c1-2-9-21(10-3-1)22-17-18-30-28(19-22)25-13-6-7-16-29(25)35(30)31-20-23-11-8-15-26-24-12-4-5-14-27(24)33(34-31)32(23)26/h1-20H. The Morgan fingerprint density at radius 3 is 2.14 bits per heavy atom. The SMILES string of the molecule is c1ccc(-c2ccc3c(c2)c2ccccc2n3-c2cc3cccc4c3c(n2)-c2ccccc2-4)cc1.